The topological polar surface area (TPSA) is 85.2 Å². The van der Waals surface area contributed by atoms with Crippen molar-refractivity contribution < 1.29 is 14.3 Å². The van der Waals surface area contributed by atoms with Crippen LogP contribution in [-0.2, 0) is 23.2 Å². The number of aryl methyl sites for hydroxylation is 1. The first-order valence-corrected chi connectivity index (χ1v) is 9.34. The second kappa shape index (κ2) is 9.54. The number of aromatic nitrogens is 2. The minimum absolute atomic E-state index is 0.140. The third-order valence-electron chi connectivity index (χ3n) is 4.48. The van der Waals surface area contributed by atoms with Crippen LogP contribution < -0.4 is 10.6 Å². The molecule has 0 bridgehead atoms. The normalized spacial score (nSPS) is 12.6. The summed E-state index contributed by atoms with van der Waals surface area (Å²) in [5.74, 6) is 0.363. The molecule has 0 spiro atoms. The van der Waals surface area contributed by atoms with Gasteiger partial charge in [0.2, 0.25) is 5.91 Å². The second-order valence-electron chi connectivity index (χ2n) is 6.68. The highest BCUT2D eigenvalue weighted by molar-refractivity contribution is 5.85. The highest BCUT2D eigenvalue weighted by Gasteiger charge is 2.24. The smallest absolute Gasteiger partial charge is 0.408 e. The number of imidazole rings is 1. The van der Waals surface area contributed by atoms with Gasteiger partial charge in [-0.25, -0.2) is 9.78 Å². The van der Waals surface area contributed by atoms with Crippen LogP contribution in [0.5, 0.6) is 0 Å². The Morgan fingerprint density at radius 1 is 1.03 bits per heavy atom. The molecule has 0 unspecified atom stereocenters. The summed E-state index contributed by atoms with van der Waals surface area (Å²) >= 11 is 0. The van der Waals surface area contributed by atoms with Crippen LogP contribution in [0.2, 0.25) is 0 Å². The highest BCUT2D eigenvalue weighted by Crippen LogP contribution is 2.20. The number of ether oxygens (including phenoxy) is 1. The number of amides is 2. The summed E-state index contributed by atoms with van der Waals surface area (Å²) < 4.78 is 7.03. The number of benzene rings is 2. The zero-order chi connectivity index (χ0) is 20.6. The molecular formula is C22H24N4O3. The van der Waals surface area contributed by atoms with Crippen molar-refractivity contribution in [2.45, 2.75) is 25.6 Å². The Hall–Kier alpha value is -3.61. The maximum absolute atomic E-state index is 12.7. The van der Waals surface area contributed by atoms with E-state index in [2.05, 4.69) is 15.6 Å². The van der Waals surface area contributed by atoms with Crippen molar-refractivity contribution in [3.63, 3.8) is 0 Å². The zero-order valence-corrected chi connectivity index (χ0v) is 16.4. The fourth-order valence-corrected chi connectivity index (χ4v) is 2.87. The standard InChI is InChI=1S/C22H24N4O3/c1-16(24-22(28)29-15-17-9-5-3-6-10-17)21(27)25-19(18-11-7-4-8-12-18)20-23-13-14-26(20)2/h3-14,16,19H,15H2,1-2H3,(H,24,28)(H,25,27)/t16-,19-/m0/s1. The highest BCUT2D eigenvalue weighted by atomic mass is 16.5. The number of rotatable bonds is 7. The Balaban J connectivity index is 1.61. The number of nitrogens with zero attached hydrogens (tertiary/aromatic N) is 2. The fourth-order valence-electron chi connectivity index (χ4n) is 2.87. The van der Waals surface area contributed by atoms with Crippen molar-refractivity contribution in [3.05, 3.63) is 90.0 Å². The van der Waals surface area contributed by atoms with E-state index < -0.39 is 18.2 Å². The van der Waals surface area contributed by atoms with Gasteiger partial charge in [0, 0.05) is 19.4 Å². The van der Waals surface area contributed by atoms with Gasteiger partial charge < -0.3 is 19.9 Å². The fraction of sp³-hybridized carbons (Fsp3) is 0.227. The molecule has 0 saturated carbocycles. The van der Waals surface area contributed by atoms with Gasteiger partial charge in [0.25, 0.3) is 0 Å². The number of carbonyl (C=O) groups excluding carboxylic acids is 2. The lowest BCUT2D eigenvalue weighted by molar-refractivity contribution is -0.123. The number of hydrogen-bond acceptors (Lipinski definition) is 4. The van der Waals surface area contributed by atoms with Crippen molar-refractivity contribution in [1.82, 2.24) is 20.2 Å². The van der Waals surface area contributed by atoms with Crippen molar-refractivity contribution in [3.8, 4) is 0 Å². The van der Waals surface area contributed by atoms with Crippen LogP contribution in [0.25, 0.3) is 0 Å². The van der Waals surface area contributed by atoms with Crippen molar-refractivity contribution in [2.24, 2.45) is 7.05 Å². The SMILES string of the molecule is C[C@H](NC(=O)OCc1ccccc1)C(=O)N[C@@H](c1ccccc1)c1nccn1C. The van der Waals surface area contributed by atoms with Gasteiger partial charge in [-0.15, -0.1) is 0 Å². The van der Waals surface area contributed by atoms with Crippen LogP contribution in [0.15, 0.2) is 73.1 Å². The predicted molar refractivity (Wildman–Crippen MR) is 109 cm³/mol. The van der Waals surface area contributed by atoms with Crippen molar-refractivity contribution in [1.29, 1.82) is 0 Å². The average Bonchev–Trinajstić information content (AvgIpc) is 3.17. The first-order chi connectivity index (χ1) is 14.0. The number of carbonyl (C=O) groups is 2. The molecule has 2 aromatic carbocycles. The molecule has 3 rings (SSSR count). The molecule has 0 radical (unpaired) electrons. The summed E-state index contributed by atoms with van der Waals surface area (Å²) in [6.07, 6.45) is 2.85. The summed E-state index contributed by atoms with van der Waals surface area (Å²) in [7, 11) is 1.87. The maximum atomic E-state index is 12.7. The van der Waals surface area contributed by atoms with E-state index in [1.807, 2.05) is 78.5 Å². The maximum Gasteiger partial charge on any atom is 0.408 e. The van der Waals surface area contributed by atoms with Crippen LogP contribution >= 0.6 is 0 Å². The van der Waals surface area contributed by atoms with E-state index in [0.717, 1.165) is 11.1 Å². The molecule has 2 atom stereocenters. The Kier molecular flexibility index (Phi) is 6.63. The van der Waals surface area contributed by atoms with Gasteiger partial charge in [0.05, 0.1) is 0 Å². The lowest BCUT2D eigenvalue weighted by Gasteiger charge is -2.22. The molecule has 1 aromatic heterocycles. The Morgan fingerprint density at radius 3 is 2.31 bits per heavy atom. The van der Waals surface area contributed by atoms with E-state index in [1.165, 1.54) is 0 Å². The van der Waals surface area contributed by atoms with Gasteiger partial charge in [0.15, 0.2) is 0 Å². The van der Waals surface area contributed by atoms with E-state index >= 15 is 0 Å². The molecule has 150 valence electrons. The van der Waals surface area contributed by atoms with Gasteiger partial charge in [-0.3, -0.25) is 4.79 Å². The van der Waals surface area contributed by atoms with E-state index in [1.54, 1.807) is 13.1 Å². The van der Waals surface area contributed by atoms with Crippen LogP contribution in [0.1, 0.15) is 29.9 Å². The van der Waals surface area contributed by atoms with Gasteiger partial charge in [0.1, 0.15) is 24.5 Å². The molecule has 1 heterocycles. The van der Waals surface area contributed by atoms with Gasteiger partial charge in [-0.05, 0) is 18.1 Å². The molecule has 0 aliphatic carbocycles. The van der Waals surface area contributed by atoms with Crippen molar-refractivity contribution >= 4 is 12.0 Å². The molecule has 0 fully saturated rings. The zero-order valence-electron chi connectivity index (χ0n) is 16.4. The molecule has 0 aliphatic rings. The molecule has 2 amide bonds. The molecule has 29 heavy (non-hydrogen) atoms. The Morgan fingerprint density at radius 2 is 1.69 bits per heavy atom. The van der Waals surface area contributed by atoms with Crippen LogP contribution in [0.4, 0.5) is 4.79 Å². The van der Waals surface area contributed by atoms with E-state index in [-0.39, 0.29) is 12.5 Å². The van der Waals surface area contributed by atoms with Gasteiger partial charge in [-0.2, -0.15) is 0 Å². The minimum atomic E-state index is -0.773. The van der Waals surface area contributed by atoms with E-state index in [9.17, 15) is 9.59 Å². The molecular weight excluding hydrogens is 368 g/mol. The van der Waals surface area contributed by atoms with E-state index in [4.69, 9.17) is 4.74 Å². The second-order valence-corrected chi connectivity index (χ2v) is 6.68. The molecule has 0 saturated heterocycles. The molecule has 7 nitrogen and oxygen atoms in total. The summed E-state index contributed by atoms with van der Waals surface area (Å²) in [5.41, 5.74) is 1.77. The summed E-state index contributed by atoms with van der Waals surface area (Å²) in [4.78, 5) is 29.1. The van der Waals surface area contributed by atoms with Crippen LogP contribution in [0, 0.1) is 0 Å². The van der Waals surface area contributed by atoms with Crippen molar-refractivity contribution in [2.75, 3.05) is 0 Å². The van der Waals surface area contributed by atoms with Crippen LogP contribution in [-0.4, -0.2) is 27.6 Å². The minimum Gasteiger partial charge on any atom is -0.445 e. The first-order valence-electron chi connectivity index (χ1n) is 9.34. The molecule has 7 heteroatoms. The number of nitrogens with one attached hydrogen (secondary N) is 2. The largest absolute Gasteiger partial charge is 0.445 e. The lowest BCUT2D eigenvalue weighted by Crippen LogP contribution is -2.46. The monoisotopic (exact) mass is 392 g/mol. The number of alkyl carbamates (subject to hydrolysis) is 1. The lowest BCUT2D eigenvalue weighted by atomic mass is 10.1. The quantitative estimate of drug-likeness (QED) is 0.647. The summed E-state index contributed by atoms with van der Waals surface area (Å²) in [6.45, 7) is 1.75. The van der Waals surface area contributed by atoms with Gasteiger partial charge >= 0.3 is 6.09 Å². The van der Waals surface area contributed by atoms with Gasteiger partial charge in [-0.1, -0.05) is 60.7 Å². The molecule has 0 aliphatic heterocycles. The Labute approximate surface area is 169 Å². The summed E-state index contributed by atoms with van der Waals surface area (Å²) in [5, 5.41) is 5.53. The third-order valence-corrected chi connectivity index (χ3v) is 4.48. The third kappa shape index (κ3) is 5.44. The Bertz CT molecular complexity index is 941. The van der Waals surface area contributed by atoms with E-state index in [0.29, 0.717) is 5.82 Å². The van der Waals surface area contributed by atoms with Crippen LogP contribution in [0.3, 0.4) is 0 Å². The first kappa shape index (κ1) is 20.1. The molecule has 2 N–H and O–H groups in total. The average molecular weight is 392 g/mol. The molecule has 3 aromatic rings. The number of hydrogen-bond donors (Lipinski definition) is 2. The predicted octanol–water partition coefficient (Wildman–Crippen LogP) is 2.94. The summed E-state index contributed by atoms with van der Waals surface area (Å²) in [6, 6.07) is 17.7.